The zero-order chi connectivity index (χ0) is 33.6. The van der Waals surface area contributed by atoms with E-state index in [1.165, 1.54) is 12.3 Å². The van der Waals surface area contributed by atoms with E-state index in [1.54, 1.807) is 6.07 Å². The minimum Gasteiger partial charge on any atom is -0.372 e. The predicted octanol–water partition coefficient (Wildman–Crippen LogP) is 7.41. The molecule has 2 aromatic carbocycles. The van der Waals surface area contributed by atoms with Crippen LogP contribution in [0.1, 0.15) is 112 Å². The first-order valence-electron chi connectivity index (χ1n) is 17.0. The fraction of sp³-hybridized carbons (Fsp3) is 0.500. The molecule has 9 nitrogen and oxygen atoms in total. The number of nitrogens with zero attached hydrogens (tertiary/aromatic N) is 4. The molecule has 2 aliphatic rings. The van der Waals surface area contributed by atoms with Gasteiger partial charge in [0.25, 0.3) is 11.8 Å². The van der Waals surface area contributed by atoms with Gasteiger partial charge in [-0.15, -0.1) is 0 Å². The van der Waals surface area contributed by atoms with Gasteiger partial charge in [0.05, 0.1) is 11.8 Å². The van der Waals surface area contributed by atoms with Gasteiger partial charge in [0, 0.05) is 43.6 Å². The average molecular weight is 634 g/mol. The summed E-state index contributed by atoms with van der Waals surface area (Å²) in [6.07, 6.45) is 7.39. The highest BCUT2D eigenvalue weighted by Crippen LogP contribution is 2.40. The monoisotopic (exact) mass is 633 g/mol. The molecule has 5 rings (SSSR count). The smallest absolute Gasteiger partial charge is 0.271 e. The van der Waals surface area contributed by atoms with Crippen LogP contribution in [-0.2, 0) is 0 Å². The summed E-state index contributed by atoms with van der Waals surface area (Å²) >= 11 is 0. The largest absolute Gasteiger partial charge is 0.372 e. The second-order valence-corrected chi connectivity index (χ2v) is 11.2. The maximum absolute atomic E-state index is 14.7. The lowest BCUT2D eigenvalue weighted by Gasteiger charge is -2.34. The number of hydrogen-bond donors (Lipinski definition) is 3. The van der Waals surface area contributed by atoms with Crippen molar-refractivity contribution in [3.05, 3.63) is 71.3 Å². The fourth-order valence-electron chi connectivity index (χ4n) is 5.55. The first kappa shape index (κ1) is 36.3. The van der Waals surface area contributed by atoms with Gasteiger partial charge in [0.15, 0.2) is 11.5 Å². The molecule has 0 radical (unpaired) electrons. The van der Waals surface area contributed by atoms with Crippen LogP contribution < -0.4 is 26.2 Å². The first-order chi connectivity index (χ1) is 22.4. The summed E-state index contributed by atoms with van der Waals surface area (Å²) in [5.41, 5.74) is 8.59. The number of hydrogen-bond acceptors (Lipinski definition) is 7. The molecule has 4 N–H and O–H groups in total. The van der Waals surface area contributed by atoms with Crippen LogP contribution >= 0.6 is 0 Å². The van der Waals surface area contributed by atoms with Gasteiger partial charge >= 0.3 is 0 Å². The van der Waals surface area contributed by atoms with Crippen LogP contribution in [0.5, 0.6) is 0 Å². The normalized spacial score (nSPS) is 15.5. The number of halogens is 1. The van der Waals surface area contributed by atoms with E-state index in [9.17, 15) is 14.0 Å². The highest BCUT2D eigenvalue weighted by molar-refractivity contribution is 5.96. The molecule has 2 heterocycles. The topological polar surface area (TPSA) is 116 Å². The Hall–Kier alpha value is -4.21. The van der Waals surface area contributed by atoms with Gasteiger partial charge in [-0.05, 0) is 86.4 Å². The molecule has 1 aliphatic carbocycles. The van der Waals surface area contributed by atoms with Crippen molar-refractivity contribution in [2.75, 3.05) is 41.3 Å². The third-order valence-corrected chi connectivity index (χ3v) is 7.84. The molecule has 0 spiro atoms. The minimum atomic E-state index is -0.677. The van der Waals surface area contributed by atoms with Gasteiger partial charge in [-0.1, -0.05) is 47.6 Å². The Kier molecular flexibility index (Phi) is 14.2. The van der Waals surface area contributed by atoms with Crippen LogP contribution in [-0.4, -0.2) is 54.0 Å². The number of amides is 2. The SMILES string of the molecule is CC.CC.CCCN(CCC)c1ccc(Nc2nc(N3CCC[C@@H](NC(=O)c4ccc(C5CC5)cc4F)C3)cnc2C(N)=O)cc1. The van der Waals surface area contributed by atoms with Crippen molar-refractivity contribution in [2.45, 2.75) is 92.0 Å². The molecule has 3 aromatic rings. The fourth-order valence-corrected chi connectivity index (χ4v) is 5.55. The number of rotatable bonds is 12. The highest BCUT2D eigenvalue weighted by Gasteiger charge is 2.27. The lowest BCUT2D eigenvalue weighted by molar-refractivity contribution is 0.0927. The predicted molar refractivity (Wildman–Crippen MR) is 187 cm³/mol. The molecule has 0 bridgehead atoms. The Morgan fingerprint density at radius 1 is 1.00 bits per heavy atom. The standard InChI is InChI=1S/C32H40FN7O2.2C2H6/c1-3-15-39(16-4-2)25-12-10-23(11-13-25)36-31-29(30(34)41)35-19-28(38-31)40-17-5-6-24(20-40)37-32(42)26-14-9-22(18-27(26)33)21-7-8-21;2*1-2/h9-14,18-19,21,24H,3-8,15-17,20H2,1-2H3,(H2,34,41)(H,36,38)(H,37,42);2*1-2H3/t24-;;/m1../s1. The molecular formula is C36H52FN7O2. The van der Waals surface area contributed by atoms with E-state index in [-0.39, 0.29) is 23.1 Å². The third-order valence-electron chi connectivity index (χ3n) is 7.84. The summed E-state index contributed by atoms with van der Waals surface area (Å²) in [6, 6.07) is 12.7. The molecule has 10 heteroatoms. The van der Waals surface area contributed by atoms with E-state index in [1.807, 2.05) is 50.8 Å². The molecule has 1 aliphatic heterocycles. The van der Waals surface area contributed by atoms with Crippen molar-refractivity contribution in [3.8, 4) is 0 Å². The minimum absolute atomic E-state index is 0.0494. The zero-order valence-corrected chi connectivity index (χ0v) is 28.4. The first-order valence-corrected chi connectivity index (χ1v) is 17.0. The van der Waals surface area contributed by atoms with Gasteiger partial charge in [-0.2, -0.15) is 0 Å². The summed E-state index contributed by atoms with van der Waals surface area (Å²) < 4.78 is 14.7. The molecule has 1 saturated carbocycles. The van der Waals surface area contributed by atoms with Crippen molar-refractivity contribution in [2.24, 2.45) is 5.73 Å². The number of anilines is 4. The molecule has 1 atom stereocenters. The van der Waals surface area contributed by atoms with E-state index in [4.69, 9.17) is 10.7 Å². The van der Waals surface area contributed by atoms with E-state index in [0.29, 0.717) is 24.8 Å². The van der Waals surface area contributed by atoms with Crippen molar-refractivity contribution >= 4 is 34.8 Å². The van der Waals surface area contributed by atoms with Crippen LogP contribution in [0, 0.1) is 5.82 Å². The molecular weight excluding hydrogens is 581 g/mol. The average Bonchev–Trinajstić information content (AvgIpc) is 3.93. The number of benzene rings is 2. The summed E-state index contributed by atoms with van der Waals surface area (Å²) in [5.74, 6) is -0.315. The number of carbonyl (C=O) groups excluding carboxylic acids is 2. The van der Waals surface area contributed by atoms with Gasteiger partial charge in [0.1, 0.15) is 11.6 Å². The molecule has 0 unspecified atom stereocenters. The van der Waals surface area contributed by atoms with Crippen LogP contribution in [0.4, 0.5) is 27.4 Å². The van der Waals surface area contributed by atoms with E-state index < -0.39 is 17.6 Å². The van der Waals surface area contributed by atoms with Crippen LogP contribution in [0.15, 0.2) is 48.7 Å². The molecule has 46 heavy (non-hydrogen) atoms. The molecule has 2 fully saturated rings. The van der Waals surface area contributed by atoms with Crippen molar-refractivity contribution in [1.82, 2.24) is 15.3 Å². The summed E-state index contributed by atoms with van der Waals surface area (Å²) in [5, 5.41) is 6.21. The Morgan fingerprint density at radius 2 is 1.67 bits per heavy atom. The number of carbonyl (C=O) groups is 2. The Morgan fingerprint density at radius 3 is 2.26 bits per heavy atom. The third kappa shape index (κ3) is 9.64. The van der Waals surface area contributed by atoms with E-state index in [0.717, 1.165) is 68.6 Å². The number of primary amides is 1. The van der Waals surface area contributed by atoms with Gasteiger partial charge in [-0.3, -0.25) is 9.59 Å². The Bertz CT molecular complexity index is 1410. The molecule has 2 amide bonds. The van der Waals surface area contributed by atoms with Crippen LogP contribution in [0.25, 0.3) is 0 Å². The lowest BCUT2D eigenvalue weighted by Crippen LogP contribution is -2.48. The van der Waals surface area contributed by atoms with Gasteiger partial charge < -0.3 is 26.2 Å². The van der Waals surface area contributed by atoms with Crippen LogP contribution in [0.2, 0.25) is 0 Å². The quantitative estimate of drug-likeness (QED) is 0.190. The lowest BCUT2D eigenvalue weighted by atomic mass is 10.0. The maximum atomic E-state index is 14.7. The summed E-state index contributed by atoms with van der Waals surface area (Å²) in [7, 11) is 0. The van der Waals surface area contributed by atoms with Gasteiger partial charge in [0.2, 0.25) is 0 Å². The number of nitrogens with one attached hydrogen (secondary N) is 2. The zero-order valence-electron chi connectivity index (χ0n) is 28.4. The van der Waals surface area contributed by atoms with Crippen molar-refractivity contribution < 1.29 is 14.0 Å². The van der Waals surface area contributed by atoms with Crippen molar-refractivity contribution in [1.29, 1.82) is 0 Å². The molecule has 1 aromatic heterocycles. The number of nitrogens with two attached hydrogens (primary N) is 1. The summed E-state index contributed by atoms with van der Waals surface area (Å²) in [6.45, 7) is 15.5. The van der Waals surface area contributed by atoms with Crippen LogP contribution in [0.3, 0.4) is 0 Å². The van der Waals surface area contributed by atoms with Crippen molar-refractivity contribution in [3.63, 3.8) is 0 Å². The van der Waals surface area contributed by atoms with Gasteiger partial charge in [-0.25, -0.2) is 14.4 Å². The Balaban J connectivity index is 0.00000139. The highest BCUT2D eigenvalue weighted by atomic mass is 19.1. The maximum Gasteiger partial charge on any atom is 0.271 e. The van der Waals surface area contributed by atoms with E-state index >= 15 is 0 Å². The number of piperidine rings is 1. The molecule has 250 valence electrons. The molecule has 1 saturated heterocycles. The van der Waals surface area contributed by atoms with E-state index in [2.05, 4.69) is 46.5 Å². The summed E-state index contributed by atoms with van der Waals surface area (Å²) in [4.78, 5) is 38.5. The second-order valence-electron chi connectivity index (χ2n) is 11.2. The Labute approximate surface area is 274 Å². The number of aromatic nitrogens is 2. The second kappa shape index (κ2) is 18.1.